The quantitative estimate of drug-likeness (QED) is 0.908. The van der Waals surface area contributed by atoms with Crippen LogP contribution in [-0.2, 0) is 0 Å². The van der Waals surface area contributed by atoms with Crippen LogP contribution in [-0.4, -0.2) is 17.4 Å². The molecule has 0 aliphatic heterocycles. The second-order valence-corrected chi connectivity index (χ2v) is 4.50. The van der Waals surface area contributed by atoms with Crippen LogP contribution in [0.4, 0.5) is 20.3 Å². The highest BCUT2D eigenvalue weighted by Gasteiger charge is 2.12. The summed E-state index contributed by atoms with van der Waals surface area (Å²) in [4.78, 5) is 16.0. The molecule has 110 valence electrons. The zero-order valence-electron chi connectivity index (χ0n) is 11.7. The lowest BCUT2D eigenvalue weighted by atomic mass is 10.2. The molecule has 6 heteroatoms. The van der Waals surface area contributed by atoms with E-state index < -0.39 is 17.5 Å². The summed E-state index contributed by atoms with van der Waals surface area (Å²) in [6.45, 7) is 4.09. The summed E-state index contributed by atoms with van der Waals surface area (Å²) >= 11 is 0. The Kier molecular flexibility index (Phi) is 4.47. The van der Waals surface area contributed by atoms with Gasteiger partial charge in [-0.1, -0.05) is 0 Å². The molecule has 1 aromatic heterocycles. The van der Waals surface area contributed by atoms with E-state index in [0.29, 0.717) is 12.4 Å². The van der Waals surface area contributed by atoms with Crippen LogP contribution in [0.25, 0.3) is 0 Å². The molecule has 0 bridgehead atoms. The van der Waals surface area contributed by atoms with Crippen LogP contribution in [0.3, 0.4) is 0 Å². The van der Waals surface area contributed by atoms with Crippen LogP contribution < -0.4 is 10.6 Å². The summed E-state index contributed by atoms with van der Waals surface area (Å²) in [5.74, 6) is -1.17. The Bertz CT molecular complexity index is 657. The Morgan fingerprint density at radius 1 is 1.24 bits per heavy atom. The van der Waals surface area contributed by atoms with Crippen molar-refractivity contribution in [2.45, 2.75) is 13.8 Å². The van der Waals surface area contributed by atoms with Crippen LogP contribution in [0.2, 0.25) is 0 Å². The standard InChI is InChI=1S/C15H15F2N3O/c1-3-18-14-5-4-10(8-19-14)15(21)20-13-7-11(16)9(2)6-12(13)17/h4-8H,3H2,1-2H3,(H,18,19)(H,20,21). The van der Waals surface area contributed by atoms with E-state index >= 15 is 0 Å². The molecule has 0 unspecified atom stereocenters. The van der Waals surface area contributed by atoms with Gasteiger partial charge in [0.1, 0.15) is 17.5 Å². The van der Waals surface area contributed by atoms with Crippen LogP contribution in [0.1, 0.15) is 22.8 Å². The van der Waals surface area contributed by atoms with Crippen LogP contribution in [0.5, 0.6) is 0 Å². The number of pyridine rings is 1. The number of aryl methyl sites for hydroxylation is 1. The molecule has 0 saturated carbocycles. The molecule has 2 rings (SSSR count). The van der Waals surface area contributed by atoms with Gasteiger partial charge in [-0.15, -0.1) is 0 Å². The monoisotopic (exact) mass is 291 g/mol. The van der Waals surface area contributed by atoms with Crippen molar-refractivity contribution in [3.63, 3.8) is 0 Å². The Hall–Kier alpha value is -2.50. The van der Waals surface area contributed by atoms with Crippen LogP contribution in [0, 0.1) is 18.6 Å². The van der Waals surface area contributed by atoms with E-state index in [4.69, 9.17) is 0 Å². The summed E-state index contributed by atoms with van der Waals surface area (Å²) in [7, 11) is 0. The largest absolute Gasteiger partial charge is 0.370 e. The lowest BCUT2D eigenvalue weighted by molar-refractivity contribution is 0.102. The smallest absolute Gasteiger partial charge is 0.257 e. The molecule has 0 aliphatic rings. The number of hydrogen-bond donors (Lipinski definition) is 2. The molecule has 0 spiro atoms. The van der Waals surface area contributed by atoms with Gasteiger partial charge in [0.25, 0.3) is 5.91 Å². The third-order valence-corrected chi connectivity index (χ3v) is 2.88. The summed E-state index contributed by atoms with van der Waals surface area (Å²) < 4.78 is 27.1. The molecule has 4 nitrogen and oxygen atoms in total. The summed E-state index contributed by atoms with van der Waals surface area (Å²) in [6.07, 6.45) is 1.37. The van der Waals surface area contributed by atoms with E-state index in [1.165, 1.54) is 13.1 Å². The number of carbonyl (C=O) groups is 1. The summed E-state index contributed by atoms with van der Waals surface area (Å²) in [6, 6.07) is 5.20. The second-order valence-electron chi connectivity index (χ2n) is 4.50. The van der Waals surface area contributed by atoms with Gasteiger partial charge in [0.05, 0.1) is 11.3 Å². The predicted octanol–water partition coefficient (Wildman–Crippen LogP) is 3.35. The van der Waals surface area contributed by atoms with Gasteiger partial charge >= 0.3 is 0 Å². The first-order valence-electron chi connectivity index (χ1n) is 6.48. The topological polar surface area (TPSA) is 54.0 Å². The highest BCUT2D eigenvalue weighted by atomic mass is 19.1. The highest BCUT2D eigenvalue weighted by Crippen LogP contribution is 2.19. The normalized spacial score (nSPS) is 10.3. The van der Waals surface area contributed by atoms with Crippen molar-refractivity contribution in [1.82, 2.24) is 4.98 Å². The van der Waals surface area contributed by atoms with Crippen molar-refractivity contribution < 1.29 is 13.6 Å². The first-order chi connectivity index (χ1) is 10.0. The zero-order chi connectivity index (χ0) is 15.4. The van der Waals surface area contributed by atoms with Crippen molar-refractivity contribution in [1.29, 1.82) is 0 Å². The average Bonchev–Trinajstić information content (AvgIpc) is 2.46. The molecule has 1 aromatic carbocycles. The number of carbonyl (C=O) groups excluding carboxylic acids is 1. The molecule has 2 N–H and O–H groups in total. The number of aromatic nitrogens is 1. The SMILES string of the molecule is CCNc1ccc(C(=O)Nc2cc(F)c(C)cc2F)cn1. The number of anilines is 2. The maximum Gasteiger partial charge on any atom is 0.257 e. The molecule has 1 amide bonds. The van der Waals surface area contributed by atoms with Crippen molar-refractivity contribution in [2.24, 2.45) is 0 Å². The average molecular weight is 291 g/mol. The Labute approximate surface area is 121 Å². The Balaban J connectivity index is 2.16. The van der Waals surface area contributed by atoms with Crippen LogP contribution >= 0.6 is 0 Å². The summed E-state index contributed by atoms with van der Waals surface area (Å²) in [5, 5.41) is 5.33. The van der Waals surface area contributed by atoms with Gasteiger partial charge in [-0.2, -0.15) is 0 Å². The van der Waals surface area contributed by atoms with Crippen LogP contribution in [0.15, 0.2) is 30.5 Å². The molecule has 21 heavy (non-hydrogen) atoms. The van der Waals surface area contributed by atoms with Gasteiger partial charge in [-0.05, 0) is 37.6 Å². The molecule has 0 atom stereocenters. The maximum absolute atomic E-state index is 13.7. The van der Waals surface area contributed by atoms with Crippen molar-refractivity contribution >= 4 is 17.4 Å². The number of halogens is 2. The van der Waals surface area contributed by atoms with Gasteiger partial charge < -0.3 is 10.6 Å². The fraction of sp³-hybridized carbons (Fsp3) is 0.200. The first kappa shape index (κ1) is 14.9. The highest BCUT2D eigenvalue weighted by molar-refractivity contribution is 6.04. The Morgan fingerprint density at radius 2 is 2.00 bits per heavy atom. The minimum absolute atomic E-state index is 0.183. The fourth-order valence-corrected chi connectivity index (χ4v) is 1.75. The maximum atomic E-state index is 13.7. The number of nitrogens with zero attached hydrogens (tertiary/aromatic N) is 1. The number of rotatable bonds is 4. The molecular formula is C15H15F2N3O. The van der Waals surface area contributed by atoms with Gasteiger partial charge in [-0.25, -0.2) is 13.8 Å². The van der Waals surface area contributed by atoms with Gasteiger partial charge in [0.15, 0.2) is 0 Å². The first-order valence-corrected chi connectivity index (χ1v) is 6.48. The van der Waals surface area contributed by atoms with E-state index in [1.807, 2.05) is 6.92 Å². The van der Waals surface area contributed by atoms with Gasteiger partial charge in [0.2, 0.25) is 0 Å². The van der Waals surface area contributed by atoms with E-state index in [-0.39, 0.29) is 16.8 Å². The molecule has 0 saturated heterocycles. The lowest BCUT2D eigenvalue weighted by Gasteiger charge is -2.08. The lowest BCUT2D eigenvalue weighted by Crippen LogP contribution is -2.14. The zero-order valence-corrected chi connectivity index (χ0v) is 11.7. The second kappa shape index (κ2) is 6.30. The Morgan fingerprint density at radius 3 is 2.62 bits per heavy atom. The minimum atomic E-state index is -0.681. The molecular weight excluding hydrogens is 276 g/mol. The minimum Gasteiger partial charge on any atom is -0.370 e. The molecule has 0 radical (unpaired) electrons. The van der Waals surface area contributed by atoms with E-state index in [2.05, 4.69) is 15.6 Å². The van der Waals surface area contributed by atoms with E-state index in [1.54, 1.807) is 12.1 Å². The number of hydrogen-bond acceptors (Lipinski definition) is 3. The summed E-state index contributed by atoms with van der Waals surface area (Å²) in [5.41, 5.74) is 0.248. The fourth-order valence-electron chi connectivity index (χ4n) is 1.75. The van der Waals surface area contributed by atoms with E-state index in [9.17, 15) is 13.6 Å². The molecule has 0 aliphatic carbocycles. The number of benzene rings is 1. The molecule has 2 aromatic rings. The number of nitrogens with one attached hydrogen (secondary N) is 2. The third-order valence-electron chi connectivity index (χ3n) is 2.88. The molecule has 1 heterocycles. The molecule has 0 fully saturated rings. The number of amides is 1. The van der Waals surface area contributed by atoms with Crippen molar-refractivity contribution in [2.75, 3.05) is 17.2 Å². The predicted molar refractivity (Wildman–Crippen MR) is 77.4 cm³/mol. The van der Waals surface area contributed by atoms with Gasteiger partial charge in [0, 0.05) is 18.8 Å². The van der Waals surface area contributed by atoms with Gasteiger partial charge in [-0.3, -0.25) is 4.79 Å². The van der Waals surface area contributed by atoms with E-state index in [0.717, 1.165) is 12.1 Å². The van der Waals surface area contributed by atoms with Crippen molar-refractivity contribution in [3.05, 3.63) is 53.2 Å². The van der Waals surface area contributed by atoms with Crippen molar-refractivity contribution in [3.8, 4) is 0 Å². The third kappa shape index (κ3) is 3.53.